The van der Waals surface area contributed by atoms with Crippen molar-refractivity contribution in [3.8, 4) is 0 Å². The van der Waals surface area contributed by atoms with Gasteiger partial charge < -0.3 is 34.2 Å². The van der Waals surface area contributed by atoms with Crippen molar-refractivity contribution in [3.05, 3.63) is 182 Å². The maximum absolute atomic E-state index is 13.1. The Morgan fingerprint density at radius 3 is 0.632 bits per heavy atom. The first-order valence-corrected chi connectivity index (χ1v) is 53.1. The molecule has 0 radical (unpaired) electrons. The summed E-state index contributed by atoms with van der Waals surface area (Å²) in [5.74, 6) is -1.57. The fourth-order valence-corrected chi connectivity index (χ4v) is 15.2. The van der Waals surface area contributed by atoms with E-state index in [1.165, 1.54) is 180 Å². The molecule has 0 heterocycles. The van der Waals surface area contributed by atoms with E-state index in [0.717, 1.165) is 180 Å². The monoisotopic (exact) mass is 1790 g/mol. The number of phosphoric ester groups is 2. The Labute approximate surface area is 764 Å². The van der Waals surface area contributed by atoms with Crippen LogP contribution in [0.25, 0.3) is 0 Å². The van der Waals surface area contributed by atoms with Gasteiger partial charge in [0.1, 0.15) is 25.4 Å². The van der Waals surface area contributed by atoms with Gasteiger partial charge in [0.05, 0.1) is 26.4 Å². The highest BCUT2D eigenvalue weighted by Crippen LogP contribution is 2.45. The van der Waals surface area contributed by atoms with Gasteiger partial charge in [-0.05, 0) is 154 Å². The third-order valence-corrected chi connectivity index (χ3v) is 23.0. The highest BCUT2D eigenvalue weighted by molar-refractivity contribution is 7.47. The fraction of sp³-hybridized carbons (Fsp3) is 0.692. The molecule has 0 aromatic rings. The molecule has 4 N–H and O–H groups in total. The standard InChI is InChI=1S/C107H182O16P2/c1-4-7-10-13-16-19-22-25-28-31-34-37-40-43-45-47-48-49-50-51-52-54-56-58-60-63-66-69-72-75-78-81-84-87-90-93-105(110)117-96-102(108)97-119-124(113,114)120-98-103(109)99-121-125(115,116)122-101-104(123-107(112)95-92-89-86-83-80-77-74-71-68-65-62-57-42-39-36-33-30-27-24-21-18-15-12-9-6-3)100-118-106(111)94-91-88-85-82-79-76-73-70-67-64-61-59-55-53-46-44-41-38-35-32-29-26-23-20-17-14-11-8-5-2/h7-12,16-21,25-30,34-39,43-46,57,62,102-104,108-109H,4-6,13-15,22-24,31-33,40-42,47-56,58-61,63-101H2,1-3H3,(H,113,114)(H,115,116)/b10-7-,11-8-,12-9-,19-16-,20-17-,21-18-,28-25-,29-26-,30-27-,37-34-,38-35-,39-36-,45-43-,46-44-,62-57-. The van der Waals surface area contributed by atoms with Gasteiger partial charge in [-0.1, -0.05) is 428 Å². The van der Waals surface area contributed by atoms with Gasteiger partial charge in [0.2, 0.25) is 0 Å². The predicted molar refractivity (Wildman–Crippen MR) is 528 cm³/mol. The summed E-state index contributed by atoms with van der Waals surface area (Å²) in [7, 11) is -9.82. The molecule has 5 atom stereocenters. The minimum Gasteiger partial charge on any atom is -0.463 e. The molecular formula is C107H182O16P2. The number of phosphoric acid groups is 2. The number of aliphatic hydroxyl groups is 2. The minimum atomic E-state index is -4.95. The summed E-state index contributed by atoms with van der Waals surface area (Å²) in [5, 5.41) is 20.8. The van der Waals surface area contributed by atoms with Crippen LogP contribution in [0, 0.1) is 0 Å². The Balaban J connectivity index is 4.57. The summed E-state index contributed by atoms with van der Waals surface area (Å²) in [4.78, 5) is 59.2. The van der Waals surface area contributed by atoms with E-state index in [1.807, 2.05) is 0 Å². The molecule has 716 valence electrons. The van der Waals surface area contributed by atoms with Crippen LogP contribution in [0.3, 0.4) is 0 Å². The predicted octanol–water partition coefficient (Wildman–Crippen LogP) is 31.6. The maximum Gasteiger partial charge on any atom is 0.472 e. The number of ether oxygens (including phenoxy) is 3. The number of carbonyl (C=O) groups excluding carboxylic acids is 3. The highest BCUT2D eigenvalue weighted by atomic mass is 31.2. The molecule has 0 bridgehead atoms. The van der Waals surface area contributed by atoms with E-state index in [2.05, 4.69) is 203 Å². The second-order valence-electron chi connectivity index (χ2n) is 33.1. The molecule has 0 aromatic heterocycles. The van der Waals surface area contributed by atoms with E-state index in [0.29, 0.717) is 19.3 Å². The van der Waals surface area contributed by atoms with Crippen molar-refractivity contribution in [2.75, 3.05) is 39.6 Å². The fourth-order valence-electron chi connectivity index (χ4n) is 13.7. The number of hydrogen-bond donors (Lipinski definition) is 4. The third-order valence-electron chi connectivity index (χ3n) is 21.1. The van der Waals surface area contributed by atoms with E-state index in [1.54, 1.807) is 0 Å². The minimum absolute atomic E-state index is 0.0928. The number of allylic oxidation sites excluding steroid dienone is 30. The maximum atomic E-state index is 13.1. The van der Waals surface area contributed by atoms with E-state index >= 15 is 0 Å². The van der Waals surface area contributed by atoms with Gasteiger partial charge in [0, 0.05) is 19.3 Å². The molecule has 125 heavy (non-hydrogen) atoms. The lowest BCUT2D eigenvalue weighted by Gasteiger charge is -2.21. The number of aliphatic hydroxyl groups excluding tert-OH is 2. The first-order valence-electron chi connectivity index (χ1n) is 50.1. The van der Waals surface area contributed by atoms with Crippen LogP contribution in [0.15, 0.2) is 182 Å². The van der Waals surface area contributed by atoms with Crippen LogP contribution in [0.4, 0.5) is 0 Å². The molecular weight excluding hydrogens is 1600 g/mol. The summed E-state index contributed by atoms with van der Waals surface area (Å²) < 4.78 is 61.7. The third kappa shape index (κ3) is 99.1. The van der Waals surface area contributed by atoms with Crippen LogP contribution in [0.2, 0.25) is 0 Å². The molecule has 0 saturated heterocycles. The molecule has 0 amide bonds. The number of hydrogen-bond acceptors (Lipinski definition) is 14. The van der Waals surface area contributed by atoms with Crippen molar-refractivity contribution in [2.24, 2.45) is 0 Å². The van der Waals surface area contributed by atoms with Crippen LogP contribution >= 0.6 is 15.6 Å². The van der Waals surface area contributed by atoms with Gasteiger partial charge >= 0.3 is 33.6 Å². The topological polar surface area (TPSA) is 231 Å². The largest absolute Gasteiger partial charge is 0.472 e. The molecule has 0 aliphatic carbocycles. The number of unbranched alkanes of at least 4 members (excludes halogenated alkanes) is 41. The zero-order chi connectivity index (χ0) is 90.7. The Hall–Kier alpha value is -5.35. The lowest BCUT2D eigenvalue weighted by Crippen LogP contribution is -2.30. The lowest BCUT2D eigenvalue weighted by atomic mass is 10.0. The van der Waals surface area contributed by atoms with Crippen molar-refractivity contribution in [1.82, 2.24) is 0 Å². The van der Waals surface area contributed by atoms with Crippen molar-refractivity contribution >= 4 is 33.6 Å². The van der Waals surface area contributed by atoms with Crippen molar-refractivity contribution in [1.29, 1.82) is 0 Å². The van der Waals surface area contributed by atoms with E-state index in [9.17, 15) is 43.5 Å². The van der Waals surface area contributed by atoms with Crippen LogP contribution in [0.5, 0.6) is 0 Å². The SMILES string of the molecule is CC/C=C\C/C=C\C/C=C\C/C=C\C/C=C\CCCCCCCCCCCCCCCCCCCCCC(=O)OCC(O)COP(=O)(O)OCC(O)COP(=O)(O)OCC(COC(=O)CCCCCCCCCCCCCCC/C=C\C/C=C\C/C=C\C/C=C\C/C=C\CC)OC(=O)CCCCCCCCCCC/C=C\C/C=C\C/C=C\C/C=C\C/C=C\CC. The number of rotatable bonds is 94. The molecule has 0 aliphatic heterocycles. The zero-order valence-corrected chi connectivity index (χ0v) is 81.0. The van der Waals surface area contributed by atoms with Gasteiger partial charge in [0.15, 0.2) is 6.10 Å². The molecule has 0 aromatic carbocycles. The molecule has 0 saturated carbocycles. The Bertz CT molecular complexity index is 3000. The Kier molecular flexibility index (Phi) is 93.5. The van der Waals surface area contributed by atoms with E-state index < -0.39 is 91.5 Å². The first kappa shape index (κ1) is 120. The average molecular weight is 1790 g/mol. The summed E-state index contributed by atoms with van der Waals surface area (Å²) in [6.45, 7) is 2.40. The zero-order valence-electron chi connectivity index (χ0n) is 79.2. The molecule has 18 heteroatoms. The first-order chi connectivity index (χ1) is 61.2. The Morgan fingerprint density at radius 1 is 0.224 bits per heavy atom. The number of carbonyl (C=O) groups is 3. The lowest BCUT2D eigenvalue weighted by molar-refractivity contribution is -0.161. The molecule has 0 fully saturated rings. The summed E-state index contributed by atoms with van der Waals surface area (Å²) >= 11 is 0. The van der Waals surface area contributed by atoms with Gasteiger partial charge in [0.25, 0.3) is 0 Å². The van der Waals surface area contributed by atoms with Gasteiger partial charge in [-0.2, -0.15) is 0 Å². The van der Waals surface area contributed by atoms with Gasteiger partial charge in [-0.25, -0.2) is 9.13 Å². The molecule has 5 unspecified atom stereocenters. The van der Waals surface area contributed by atoms with Crippen molar-refractivity contribution in [3.63, 3.8) is 0 Å². The summed E-state index contributed by atoms with van der Waals surface area (Å²) in [6, 6.07) is 0. The summed E-state index contributed by atoms with van der Waals surface area (Å²) in [5.41, 5.74) is 0. The normalized spacial score (nSPS) is 14.5. The second kappa shape index (κ2) is 97.7. The highest BCUT2D eigenvalue weighted by Gasteiger charge is 2.30. The molecule has 16 nitrogen and oxygen atoms in total. The van der Waals surface area contributed by atoms with E-state index in [-0.39, 0.29) is 19.3 Å². The van der Waals surface area contributed by atoms with Crippen LogP contribution in [0.1, 0.15) is 419 Å². The molecule has 0 rings (SSSR count). The van der Waals surface area contributed by atoms with Crippen molar-refractivity contribution < 1.29 is 75.8 Å². The second-order valence-corrected chi connectivity index (χ2v) is 36.0. The van der Waals surface area contributed by atoms with Crippen LogP contribution < -0.4 is 0 Å². The quantitative estimate of drug-likeness (QED) is 0.0146. The van der Waals surface area contributed by atoms with Crippen molar-refractivity contribution in [2.45, 2.75) is 437 Å². The van der Waals surface area contributed by atoms with E-state index in [4.69, 9.17) is 32.3 Å². The van der Waals surface area contributed by atoms with Gasteiger partial charge in [-0.3, -0.25) is 32.5 Å². The smallest absolute Gasteiger partial charge is 0.463 e. The van der Waals surface area contributed by atoms with Crippen LogP contribution in [-0.4, -0.2) is 95.9 Å². The van der Waals surface area contributed by atoms with Gasteiger partial charge in [-0.15, -0.1) is 0 Å². The average Bonchev–Trinajstić information content (AvgIpc) is 0.897. The molecule has 0 spiro atoms. The number of esters is 3. The summed E-state index contributed by atoms with van der Waals surface area (Å²) in [6.07, 6.45) is 129. The van der Waals surface area contributed by atoms with Crippen LogP contribution in [-0.2, 0) is 55.8 Å². The Morgan fingerprint density at radius 2 is 0.400 bits per heavy atom. The molecule has 0 aliphatic rings.